The first-order chi connectivity index (χ1) is 8.45. The Labute approximate surface area is 110 Å². The van der Waals surface area contributed by atoms with E-state index in [-0.39, 0.29) is 5.44 Å². The molecule has 2 heterocycles. The van der Waals surface area contributed by atoms with E-state index in [1.54, 1.807) is 0 Å². The average molecular weight is 274 g/mol. The second kappa shape index (κ2) is 5.18. The van der Waals surface area contributed by atoms with Crippen LogP contribution in [0.15, 0.2) is 17.6 Å². The van der Waals surface area contributed by atoms with Gasteiger partial charge in [-0.25, -0.2) is 0 Å². The van der Waals surface area contributed by atoms with Gasteiger partial charge in [0.2, 0.25) is 0 Å². The van der Waals surface area contributed by atoms with Crippen LogP contribution in [0, 0.1) is 0 Å². The standard InChI is InChI=1S/C11H18N2O4S/c1-4-5(14)9-8(16)7(15)6-10(17-9)18-11(12-6)13(2)3/h4-10,14-16H,1H2,2-3H3/t5-,6?,7?,8?,9?,10?/m0/s1. The first kappa shape index (κ1) is 13.8. The van der Waals surface area contributed by atoms with Crippen molar-refractivity contribution in [3.63, 3.8) is 0 Å². The molecule has 6 nitrogen and oxygen atoms in total. The number of nitrogens with zero attached hydrogens (tertiary/aromatic N) is 2. The monoisotopic (exact) mass is 274 g/mol. The van der Waals surface area contributed by atoms with E-state index >= 15 is 0 Å². The summed E-state index contributed by atoms with van der Waals surface area (Å²) < 4.78 is 5.62. The molecule has 18 heavy (non-hydrogen) atoms. The third kappa shape index (κ3) is 2.28. The van der Waals surface area contributed by atoms with Crippen LogP contribution in [-0.4, -0.2) is 75.4 Å². The second-order valence-corrected chi connectivity index (χ2v) is 5.66. The van der Waals surface area contributed by atoms with Crippen LogP contribution in [0.3, 0.4) is 0 Å². The van der Waals surface area contributed by atoms with Gasteiger partial charge in [0.25, 0.3) is 0 Å². The largest absolute Gasteiger partial charge is 0.388 e. The molecule has 0 spiro atoms. The van der Waals surface area contributed by atoms with E-state index in [0.717, 1.165) is 5.17 Å². The van der Waals surface area contributed by atoms with Crippen molar-refractivity contribution in [2.45, 2.75) is 35.9 Å². The number of ether oxygens (including phenoxy) is 1. The van der Waals surface area contributed by atoms with Gasteiger partial charge in [0.1, 0.15) is 35.9 Å². The Bertz CT molecular complexity index is 363. The zero-order chi connectivity index (χ0) is 13.4. The summed E-state index contributed by atoms with van der Waals surface area (Å²) in [6.45, 7) is 3.46. The lowest BCUT2D eigenvalue weighted by molar-refractivity contribution is -0.176. The minimum Gasteiger partial charge on any atom is -0.388 e. The van der Waals surface area contributed by atoms with E-state index in [9.17, 15) is 15.3 Å². The van der Waals surface area contributed by atoms with Crippen LogP contribution < -0.4 is 0 Å². The SMILES string of the molecule is C=C[C@H](O)C1OC2SC(N(C)C)=NC2C(O)C1O. The molecule has 0 radical (unpaired) electrons. The lowest BCUT2D eigenvalue weighted by Gasteiger charge is -2.39. The lowest BCUT2D eigenvalue weighted by atomic mass is 9.95. The summed E-state index contributed by atoms with van der Waals surface area (Å²) in [7, 11) is 3.70. The topological polar surface area (TPSA) is 85.5 Å². The molecule has 6 atom stereocenters. The fourth-order valence-corrected chi connectivity index (χ4v) is 3.15. The highest BCUT2D eigenvalue weighted by Crippen LogP contribution is 2.37. The predicted molar refractivity (Wildman–Crippen MR) is 69.4 cm³/mol. The fraction of sp³-hybridized carbons (Fsp3) is 0.727. The summed E-state index contributed by atoms with van der Waals surface area (Å²) >= 11 is 1.38. The van der Waals surface area contributed by atoms with E-state index in [0.29, 0.717) is 0 Å². The molecule has 0 aromatic heterocycles. The van der Waals surface area contributed by atoms with Crippen LogP contribution in [-0.2, 0) is 4.74 Å². The molecule has 1 saturated heterocycles. The number of rotatable bonds is 2. The molecule has 2 rings (SSSR count). The summed E-state index contributed by atoms with van der Waals surface area (Å²) in [5, 5.41) is 30.4. The number of thioether (sulfide) groups is 1. The van der Waals surface area contributed by atoms with Crippen LogP contribution >= 0.6 is 11.8 Å². The van der Waals surface area contributed by atoms with Crippen molar-refractivity contribution >= 4 is 16.9 Å². The average Bonchev–Trinajstić information content (AvgIpc) is 2.77. The van der Waals surface area contributed by atoms with Crippen molar-refractivity contribution in [1.82, 2.24) is 4.90 Å². The van der Waals surface area contributed by atoms with E-state index in [1.807, 2.05) is 19.0 Å². The molecular weight excluding hydrogens is 256 g/mol. The van der Waals surface area contributed by atoms with Crippen molar-refractivity contribution in [1.29, 1.82) is 0 Å². The molecule has 5 unspecified atom stereocenters. The smallest absolute Gasteiger partial charge is 0.161 e. The normalized spacial score (nSPS) is 40.9. The van der Waals surface area contributed by atoms with Gasteiger partial charge in [0, 0.05) is 14.1 Å². The number of aliphatic hydroxyl groups excluding tert-OH is 3. The van der Waals surface area contributed by atoms with Crippen LogP contribution in [0.5, 0.6) is 0 Å². The Morgan fingerprint density at radius 2 is 2.11 bits per heavy atom. The second-order valence-electron chi connectivity index (χ2n) is 4.59. The number of amidine groups is 1. The molecule has 7 heteroatoms. The maximum absolute atomic E-state index is 10.0. The van der Waals surface area contributed by atoms with Gasteiger partial charge in [-0.05, 0) is 0 Å². The molecule has 2 aliphatic rings. The number of fused-ring (bicyclic) bond motifs is 1. The maximum atomic E-state index is 10.0. The molecule has 102 valence electrons. The summed E-state index contributed by atoms with van der Waals surface area (Å²) in [5.74, 6) is 0. The maximum Gasteiger partial charge on any atom is 0.161 e. The molecule has 0 saturated carbocycles. The Balaban J connectivity index is 2.16. The highest BCUT2D eigenvalue weighted by molar-refractivity contribution is 8.14. The van der Waals surface area contributed by atoms with Gasteiger partial charge < -0.3 is 25.0 Å². The van der Waals surface area contributed by atoms with Crippen LogP contribution in [0.25, 0.3) is 0 Å². The number of aliphatic hydroxyl groups is 3. The van der Waals surface area contributed by atoms with Gasteiger partial charge in [-0.2, -0.15) is 0 Å². The Morgan fingerprint density at radius 3 is 2.67 bits per heavy atom. The van der Waals surface area contributed by atoms with Crippen molar-refractivity contribution in [2.75, 3.05) is 14.1 Å². The fourth-order valence-electron chi connectivity index (χ4n) is 2.01. The highest BCUT2D eigenvalue weighted by atomic mass is 32.2. The number of hydrogen-bond donors (Lipinski definition) is 3. The van der Waals surface area contributed by atoms with Gasteiger partial charge in [-0.1, -0.05) is 17.8 Å². The van der Waals surface area contributed by atoms with Gasteiger partial charge in [-0.15, -0.1) is 6.58 Å². The van der Waals surface area contributed by atoms with E-state index in [4.69, 9.17) is 4.74 Å². The Morgan fingerprint density at radius 1 is 1.44 bits per heavy atom. The lowest BCUT2D eigenvalue weighted by Crippen LogP contribution is -2.57. The van der Waals surface area contributed by atoms with Crippen molar-refractivity contribution in [3.8, 4) is 0 Å². The quantitative estimate of drug-likeness (QED) is 0.561. The summed E-state index contributed by atoms with van der Waals surface area (Å²) in [5.41, 5.74) is -0.389. The first-order valence-electron chi connectivity index (χ1n) is 5.69. The van der Waals surface area contributed by atoms with Gasteiger partial charge >= 0.3 is 0 Å². The molecular formula is C11H18N2O4S. The third-order valence-corrected chi connectivity index (χ3v) is 4.35. The van der Waals surface area contributed by atoms with Crippen molar-refractivity contribution in [2.24, 2.45) is 4.99 Å². The molecule has 3 N–H and O–H groups in total. The molecule has 0 bridgehead atoms. The molecule has 0 aromatic carbocycles. The van der Waals surface area contributed by atoms with Gasteiger partial charge in [-0.3, -0.25) is 4.99 Å². The minimum atomic E-state index is -1.18. The zero-order valence-corrected chi connectivity index (χ0v) is 11.1. The molecule has 0 aliphatic carbocycles. The van der Waals surface area contributed by atoms with E-state index in [2.05, 4.69) is 11.6 Å². The predicted octanol–water partition coefficient (Wildman–Crippen LogP) is -0.987. The molecule has 2 aliphatic heterocycles. The van der Waals surface area contributed by atoms with E-state index < -0.39 is 30.5 Å². The molecule has 0 aromatic rings. The Kier molecular flexibility index (Phi) is 3.98. The third-order valence-electron chi connectivity index (χ3n) is 3.05. The van der Waals surface area contributed by atoms with Gasteiger partial charge in [0.05, 0.1) is 0 Å². The first-order valence-corrected chi connectivity index (χ1v) is 6.57. The summed E-state index contributed by atoms with van der Waals surface area (Å²) in [6, 6.07) is -0.504. The molecule has 1 fully saturated rings. The highest BCUT2D eigenvalue weighted by Gasteiger charge is 2.49. The molecule has 0 amide bonds. The van der Waals surface area contributed by atoms with Crippen LogP contribution in [0.1, 0.15) is 0 Å². The van der Waals surface area contributed by atoms with Crippen LogP contribution in [0.4, 0.5) is 0 Å². The number of aliphatic imine (C=N–C) groups is 1. The minimum absolute atomic E-state index is 0.389. The van der Waals surface area contributed by atoms with Crippen molar-refractivity contribution < 1.29 is 20.1 Å². The van der Waals surface area contributed by atoms with Gasteiger partial charge in [0.15, 0.2) is 5.17 Å². The van der Waals surface area contributed by atoms with Crippen molar-refractivity contribution in [3.05, 3.63) is 12.7 Å². The zero-order valence-electron chi connectivity index (χ0n) is 10.3. The summed E-state index contributed by atoms with van der Waals surface area (Å²) in [6.07, 6.45) is -2.82. The van der Waals surface area contributed by atoms with E-state index in [1.165, 1.54) is 17.8 Å². The summed E-state index contributed by atoms with van der Waals surface area (Å²) in [4.78, 5) is 6.15. The van der Waals surface area contributed by atoms with Crippen LogP contribution in [0.2, 0.25) is 0 Å². The Hall–Kier alpha value is -0.600. The number of hydrogen-bond acceptors (Lipinski definition) is 7.